The summed E-state index contributed by atoms with van der Waals surface area (Å²) in [6.45, 7) is 7.77. The van der Waals surface area contributed by atoms with Crippen LogP contribution in [0.15, 0.2) is 34.9 Å². The van der Waals surface area contributed by atoms with E-state index in [0.29, 0.717) is 12.0 Å². The summed E-state index contributed by atoms with van der Waals surface area (Å²) in [5, 5.41) is -1.96. The van der Waals surface area contributed by atoms with Crippen molar-refractivity contribution < 1.29 is 28.7 Å². The van der Waals surface area contributed by atoms with Crippen LogP contribution in [0.3, 0.4) is 0 Å². The lowest BCUT2D eigenvalue weighted by Crippen LogP contribution is -2.09. The molecule has 140 valence electrons. The topological polar surface area (TPSA) is 115 Å². The molecule has 0 radical (unpaired) electrons. The molecule has 6 nitrogen and oxygen atoms in total. The normalized spacial score (nSPS) is 15.3. The predicted molar refractivity (Wildman–Crippen MR) is 97.9 cm³/mol. The first kappa shape index (κ1) is 23.5. The van der Waals surface area contributed by atoms with E-state index in [2.05, 4.69) is 19.1 Å². The van der Waals surface area contributed by atoms with E-state index in [4.69, 9.17) is 19.6 Å². The Hall–Kier alpha value is -0.480. The van der Waals surface area contributed by atoms with E-state index in [9.17, 15) is 9.13 Å². The van der Waals surface area contributed by atoms with Crippen molar-refractivity contribution in [3.05, 3.63) is 34.9 Å². The minimum absolute atomic E-state index is 0.308. The van der Waals surface area contributed by atoms with Gasteiger partial charge in [-0.05, 0) is 59.8 Å². The quantitative estimate of drug-likeness (QED) is 0.328. The molecule has 0 aromatic rings. The third kappa shape index (κ3) is 10.4. The summed E-state index contributed by atoms with van der Waals surface area (Å²) >= 11 is 0. The van der Waals surface area contributed by atoms with Crippen LogP contribution in [0.2, 0.25) is 0 Å². The Morgan fingerprint density at radius 1 is 0.833 bits per heavy atom. The third-order valence-electron chi connectivity index (χ3n) is 3.84. The minimum atomic E-state index is -4.85. The van der Waals surface area contributed by atoms with Crippen LogP contribution in [-0.2, 0) is 9.13 Å². The van der Waals surface area contributed by atoms with Crippen molar-refractivity contribution in [2.45, 2.75) is 65.2 Å². The van der Waals surface area contributed by atoms with Gasteiger partial charge >= 0.3 is 15.2 Å². The van der Waals surface area contributed by atoms with Crippen LogP contribution in [0.1, 0.15) is 59.8 Å². The van der Waals surface area contributed by atoms with Crippen LogP contribution in [0.25, 0.3) is 0 Å². The number of rotatable bonds is 10. The molecule has 24 heavy (non-hydrogen) atoms. The molecule has 0 unspecified atom stereocenters. The fraction of sp³-hybridized carbons (Fsp3) is 0.625. The lowest BCUT2D eigenvalue weighted by atomic mass is 10.1. The van der Waals surface area contributed by atoms with Crippen molar-refractivity contribution in [3.8, 4) is 0 Å². The Bertz CT molecular complexity index is 557. The fourth-order valence-corrected chi connectivity index (χ4v) is 4.76. The second-order valence-electron chi connectivity index (χ2n) is 6.18. The van der Waals surface area contributed by atoms with Crippen molar-refractivity contribution in [2.24, 2.45) is 0 Å². The molecule has 0 aliphatic rings. The summed E-state index contributed by atoms with van der Waals surface area (Å²) in [5.74, 6) is 0. The number of allylic oxidation sites excluding steroid dienone is 6. The lowest BCUT2D eigenvalue weighted by Gasteiger charge is -2.19. The summed E-state index contributed by atoms with van der Waals surface area (Å²) in [4.78, 5) is 36.5. The molecule has 8 heteroatoms. The Labute approximate surface area is 144 Å². The fourth-order valence-electron chi connectivity index (χ4n) is 2.14. The second kappa shape index (κ2) is 10.5. The van der Waals surface area contributed by atoms with Crippen molar-refractivity contribution in [2.75, 3.05) is 0 Å². The first-order valence-corrected chi connectivity index (χ1v) is 11.3. The van der Waals surface area contributed by atoms with E-state index < -0.39 is 20.6 Å². The lowest BCUT2D eigenvalue weighted by molar-refractivity contribution is 0.338. The van der Waals surface area contributed by atoms with Gasteiger partial charge in [0, 0.05) is 0 Å². The van der Waals surface area contributed by atoms with Crippen molar-refractivity contribution in [1.29, 1.82) is 0 Å². The standard InChI is InChI=1S/C16H30O6P2/c1-5-13(2)8-6-9-14(3)10-7-11-15(4)12-16(23(17,18)19)24(20,21)22/h5,9,11,16H,6-8,10,12H2,1-4H3,(H2,17,18,19)(H2,20,21,22)/b13-5+,14-9-,15-11+. The van der Waals surface area contributed by atoms with Gasteiger partial charge in [-0.25, -0.2) is 0 Å². The largest absolute Gasteiger partial charge is 0.341 e. The van der Waals surface area contributed by atoms with Crippen LogP contribution >= 0.6 is 15.2 Å². The summed E-state index contributed by atoms with van der Waals surface area (Å²) in [6.07, 6.45) is 9.22. The molecule has 0 heterocycles. The molecule has 0 rings (SSSR count). The Balaban J connectivity index is 4.58. The van der Waals surface area contributed by atoms with Gasteiger partial charge in [-0.2, -0.15) is 0 Å². The molecule has 4 N–H and O–H groups in total. The van der Waals surface area contributed by atoms with Gasteiger partial charge in [0.05, 0.1) is 0 Å². The average molecular weight is 380 g/mol. The highest BCUT2D eigenvalue weighted by molar-refractivity contribution is 7.70. The van der Waals surface area contributed by atoms with Crippen LogP contribution < -0.4 is 0 Å². The maximum Gasteiger partial charge on any atom is 0.341 e. The van der Waals surface area contributed by atoms with Crippen molar-refractivity contribution >= 4 is 15.2 Å². The molecule has 0 atom stereocenters. The second-order valence-corrected chi connectivity index (χ2v) is 10.2. The Kier molecular flexibility index (Phi) is 10.3. The van der Waals surface area contributed by atoms with E-state index in [1.54, 1.807) is 13.0 Å². The molecule has 0 aromatic heterocycles. The molecule has 0 aliphatic heterocycles. The molecule has 0 aliphatic carbocycles. The summed E-state index contributed by atoms with van der Waals surface area (Å²) in [5.41, 5.74) is 3.14. The maximum atomic E-state index is 11.3. The maximum absolute atomic E-state index is 11.3. The number of hydrogen-bond acceptors (Lipinski definition) is 2. The zero-order valence-corrected chi connectivity index (χ0v) is 16.6. The highest BCUT2D eigenvalue weighted by Crippen LogP contribution is 2.61. The van der Waals surface area contributed by atoms with Gasteiger partial charge in [-0.3, -0.25) is 9.13 Å². The molecule has 0 fully saturated rings. The van der Waals surface area contributed by atoms with Crippen LogP contribution in [0.5, 0.6) is 0 Å². The van der Waals surface area contributed by atoms with E-state index in [1.807, 2.05) is 13.8 Å². The van der Waals surface area contributed by atoms with Crippen LogP contribution in [0.4, 0.5) is 0 Å². The van der Waals surface area contributed by atoms with Crippen LogP contribution in [0, 0.1) is 0 Å². The first-order chi connectivity index (χ1) is 10.9. The van der Waals surface area contributed by atoms with E-state index in [0.717, 1.165) is 19.3 Å². The first-order valence-electron chi connectivity index (χ1n) is 7.91. The molecule has 0 saturated heterocycles. The summed E-state index contributed by atoms with van der Waals surface area (Å²) in [6, 6.07) is 0. The highest BCUT2D eigenvalue weighted by Gasteiger charge is 2.42. The Morgan fingerprint density at radius 2 is 1.25 bits per heavy atom. The number of hydrogen-bond donors (Lipinski definition) is 4. The van der Waals surface area contributed by atoms with Gasteiger partial charge in [0.25, 0.3) is 0 Å². The minimum Gasteiger partial charge on any atom is -0.324 e. The molecule has 0 spiro atoms. The molecule has 0 saturated carbocycles. The van der Waals surface area contributed by atoms with E-state index in [1.165, 1.54) is 11.1 Å². The van der Waals surface area contributed by atoms with Crippen molar-refractivity contribution in [1.82, 2.24) is 0 Å². The van der Waals surface area contributed by atoms with Gasteiger partial charge < -0.3 is 19.6 Å². The molecule has 0 aromatic carbocycles. The van der Waals surface area contributed by atoms with E-state index in [-0.39, 0.29) is 6.42 Å². The monoisotopic (exact) mass is 380 g/mol. The zero-order valence-electron chi connectivity index (χ0n) is 14.8. The molecule has 0 bridgehead atoms. The van der Waals surface area contributed by atoms with Gasteiger partial charge in [0.2, 0.25) is 0 Å². The van der Waals surface area contributed by atoms with E-state index >= 15 is 0 Å². The van der Waals surface area contributed by atoms with Crippen LogP contribution in [-0.4, -0.2) is 25.0 Å². The third-order valence-corrected chi connectivity index (χ3v) is 7.56. The molecular formula is C16H30O6P2. The molecule has 0 amide bonds. The van der Waals surface area contributed by atoms with Gasteiger partial charge in [0.1, 0.15) is 0 Å². The summed E-state index contributed by atoms with van der Waals surface area (Å²) in [7, 11) is -9.70. The van der Waals surface area contributed by atoms with Gasteiger partial charge in [0.15, 0.2) is 5.40 Å². The van der Waals surface area contributed by atoms with Gasteiger partial charge in [-0.15, -0.1) is 0 Å². The van der Waals surface area contributed by atoms with Gasteiger partial charge in [-0.1, -0.05) is 34.9 Å². The zero-order chi connectivity index (χ0) is 19.0. The van der Waals surface area contributed by atoms with Crippen molar-refractivity contribution in [3.63, 3.8) is 0 Å². The smallest absolute Gasteiger partial charge is 0.324 e. The SMILES string of the molecule is C/C=C(\C)CC/C=C(/C)CC/C=C(\C)CC(P(=O)(O)O)P(=O)(O)O. The highest BCUT2D eigenvalue weighted by atomic mass is 31.2. The summed E-state index contributed by atoms with van der Waals surface area (Å²) < 4.78 is 22.5. The Morgan fingerprint density at radius 3 is 1.67 bits per heavy atom. The predicted octanol–water partition coefficient (Wildman–Crippen LogP) is 4.48. The average Bonchev–Trinajstić information content (AvgIpc) is 2.42. The molecular weight excluding hydrogens is 350 g/mol.